The highest BCUT2D eigenvalue weighted by atomic mass is 16.7. The average molecular weight is 342 g/mol. The highest BCUT2D eigenvalue weighted by molar-refractivity contribution is 6.62. The molecule has 3 heteroatoms. The molecule has 0 aromatic heterocycles. The molecule has 0 N–H and O–H groups in total. The summed E-state index contributed by atoms with van der Waals surface area (Å²) < 4.78 is 12.6. The Kier molecular flexibility index (Phi) is 4.07. The fourth-order valence-electron chi connectivity index (χ4n) is 4.52. The Morgan fingerprint density at radius 1 is 0.720 bits per heavy atom. The predicted octanol–water partition coefficient (Wildman–Crippen LogP) is 4.83. The van der Waals surface area contributed by atoms with Crippen molar-refractivity contribution in [2.75, 3.05) is 0 Å². The van der Waals surface area contributed by atoms with E-state index in [4.69, 9.17) is 9.31 Å². The summed E-state index contributed by atoms with van der Waals surface area (Å²) in [6, 6.07) is 6.88. The van der Waals surface area contributed by atoms with Gasteiger partial charge in [0.15, 0.2) is 0 Å². The van der Waals surface area contributed by atoms with Gasteiger partial charge in [0.05, 0.1) is 11.2 Å². The molecule has 3 rings (SSSR count). The quantitative estimate of drug-likeness (QED) is 0.681. The van der Waals surface area contributed by atoms with Crippen LogP contribution in [0.5, 0.6) is 0 Å². The van der Waals surface area contributed by atoms with E-state index in [-0.39, 0.29) is 29.2 Å². The van der Waals surface area contributed by atoms with Crippen LogP contribution in [0.1, 0.15) is 80.4 Å². The minimum atomic E-state index is -0.301. The summed E-state index contributed by atoms with van der Waals surface area (Å²) in [6.45, 7) is 22.8. The van der Waals surface area contributed by atoms with Crippen LogP contribution >= 0.6 is 0 Å². The molecule has 1 aromatic rings. The van der Waals surface area contributed by atoms with Gasteiger partial charge in [-0.05, 0) is 67.0 Å². The first-order valence-corrected chi connectivity index (χ1v) is 9.72. The van der Waals surface area contributed by atoms with Gasteiger partial charge in [-0.3, -0.25) is 0 Å². The lowest BCUT2D eigenvalue weighted by atomic mass is 9.52. The number of rotatable bonds is 1. The van der Waals surface area contributed by atoms with Gasteiger partial charge < -0.3 is 9.31 Å². The molecule has 0 amide bonds. The molecular weight excluding hydrogens is 307 g/mol. The van der Waals surface area contributed by atoms with E-state index in [1.807, 2.05) is 0 Å². The summed E-state index contributed by atoms with van der Waals surface area (Å²) in [6.07, 6.45) is 0. The first-order chi connectivity index (χ1) is 11.2. The minimum Gasteiger partial charge on any atom is -0.399 e. The highest BCUT2D eigenvalue weighted by Gasteiger charge is 2.53. The summed E-state index contributed by atoms with van der Waals surface area (Å²) in [7, 11) is -0.288. The predicted molar refractivity (Wildman–Crippen MR) is 107 cm³/mol. The van der Waals surface area contributed by atoms with Crippen molar-refractivity contribution < 1.29 is 9.31 Å². The van der Waals surface area contributed by atoms with E-state index in [0.29, 0.717) is 11.8 Å². The molecular formula is C22H35BO2. The molecule has 0 spiro atoms. The monoisotopic (exact) mass is 342 g/mol. The first-order valence-electron chi connectivity index (χ1n) is 9.72. The van der Waals surface area contributed by atoms with Crippen LogP contribution < -0.4 is 5.46 Å². The lowest BCUT2D eigenvalue weighted by molar-refractivity contribution is 0.00578. The molecule has 1 aromatic carbocycles. The van der Waals surface area contributed by atoms with E-state index in [1.165, 1.54) is 11.1 Å². The molecule has 1 aliphatic heterocycles. The lowest BCUT2D eigenvalue weighted by Crippen LogP contribution is -2.48. The largest absolute Gasteiger partial charge is 0.494 e. The summed E-state index contributed by atoms with van der Waals surface area (Å²) in [4.78, 5) is 0. The lowest BCUT2D eigenvalue weighted by Gasteiger charge is -2.51. The van der Waals surface area contributed by atoms with Crippen molar-refractivity contribution in [3.63, 3.8) is 0 Å². The minimum absolute atomic E-state index is 0.143. The molecule has 1 heterocycles. The summed E-state index contributed by atoms with van der Waals surface area (Å²) >= 11 is 0. The zero-order chi connectivity index (χ0) is 19.0. The Hall–Kier alpha value is -0.795. The van der Waals surface area contributed by atoms with Gasteiger partial charge in [0, 0.05) is 0 Å². The van der Waals surface area contributed by atoms with Crippen molar-refractivity contribution in [1.82, 2.24) is 0 Å². The normalized spacial score (nSPS) is 31.7. The van der Waals surface area contributed by atoms with Crippen LogP contribution in [0.4, 0.5) is 0 Å². The van der Waals surface area contributed by atoms with Crippen LogP contribution in [0.2, 0.25) is 0 Å². The summed E-state index contributed by atoms with van der Waals surface area (Å²) in [5, 5.41) is 0. The third-order valence-corrected chi connectivity index (χ3v) is 7.98. The maximum absolute atomic E-state index is 6.29. The summed E-state index contributed by atoms with van der Waals surface area (Å²) in [5.41, 5.74) is 3.79. The van der Waals surface area contributed by atoms with E-state index in [2.05, 4.69) is 87.4 Å². The van der Waals surface area contributed by atoms with E-state index in [1.54, 1.807) is 0 Å². The van der Waals surface area contributed by atoms with E-state index < -0.39 is 0 Å². The Balaban J connectivity index is 2.08. The maximum atomic E-state index is 6.29. The Morgan fingerprint density at radius 3 is 1.64 bits per heavy atom. The van der Waals surface area contributed by atoms with E-state index >= 15 is 0 Å². The Labute approximate surface area is 154 Å². The molecule has 2 aliphatic rings. The van der Waals surface area contributed by atoms with Crippen LogP contribution in [-0.4, -0.2) is 18.3 Å². The molecule has 2 atom stereocenters. The van der Waals surface area contributed by atoms with Crippen LogP contribution in [0, 0.1) is 11.8 Å². The molecule has 138 valence electrons. The van der Waals surface area contributed by atoms with Crippen molar-refractivity contribution in [1.29, 1.82) is 0 Å². The average Bonchev–Trinajstić information content (AvgIpc) is 2.72. The zero-order valence-corrected chi connectivity index (χ0v) is 17.8. The molecule has 0 saturated carbocycles. The van der Waals surface area contributed by atoms with Crippen molar-refractivity contribution in [3.8, 4) is 0 Å². The summed E-state index contributed by atoms with van der Waals surface area (Å²) in [5.74, 6) is 1.25. The van der Waals surface area contributed by atoms with Gasteiger partial charge in [0.25, 0.3) is 0 Å². The Bertz CT molecular complexity index is 671. The SMILES string of the molecule is CC1C(C)C(C)(C)c2cc(B3OC(C)(C)C(C)(C)O3)ccc2C1(C)C. The van der Waals surface area contributed by atoms with Gasteiger partial charge in [-0.25, -0.2) is 0 Å². The molecule has 0 radical (unpaired) electrons. The second-order valence-corrected chi connectivity index (χ2v) is 10.4. The van der Waals surface area contributed by atoms with Gasteiger partial charge in [-0.2, -0.15) is 0 Å². The standard InChI is InChI=1S/C22H35BO2/c1-14-15(2)20(5,6)18-13-16(11-12-17(18)19(14,3)4)23-24-21(7,8)22(9,10)25-23/h11-15H,1-10H3. The Morgan fingerprint density at radius 2 is 1.16 bits per heavy atom. The van der Waals surface area contributed by atoms with Crippen molar-refractivity contribution in [2.45, 2.75) is 91.3 Å². The van der Waals surface area contributed by atoms with Gasteiger partial charge in [0.2, 0.25) is 0 Å². The van der Waals surface area contributed by atoms with Crippen LogP contribution in [0.15, 0.2) is 18.2 Å². The third-order valence-electron chi connectivity index (χ3n) is 7.98. The second-order valence-electron chi connectivity index (χ2n) is 10.4. The van der Waals surface area contributed by atoms with Gasteiger partial charge in [-0.1, -0.05) is 59.7 Å². The van der Waals surface area contributed by atoms with Gasteiger partial charge in [-0.15, -0.1) is 0 Å². The molecule has 2 nitrogen and oxygen atoms in total. The van der Waals surface area contributed by atoms with Crippen LogP contribution in [0.3, 0.4) is 0 Å². The number of hydrogen-bond acceptors (Lipinski definition) is 2. The van der Waals surface area contributed by atoms with Crippen LogP contribution in [-0.2, 0) is 20.1 Å². The van der Waals surface area contributed by atoms with E-state index in [9.17, 15) is 0 Å². The maximum Gasteiger partial charge on any atom is 0.494 e. The molecule has 1 aliphatic carbocycles. The van der Waals surface area contributed by atoms with Gasteiger partial charge in [0.1, 0.15) is 0 Å². The second kappa shape index (κ2) is 5.36. The van der Waals surface area contributed by atoms with Gasteiger partial charge >= 0.3 is 7.12 Å². The van der Waals surface area contributed by atoms with Crippen molar-refractivity contribution in [3.05, 3.63) is 29.3 Å². The fraction of sp³-hybridized carbons (Fsp3) is 0.727. The smallest absolute Gasteiger partial charge is 0.399 e. The molecule has 0 bridgehead atoms. The molecule has 1 saturated heterocycles. The number of fused-ring (bicyclic) bond motifs is 1. The third kappa shape index (κ3) is 2.61. The first kappa shape index (κ1) is 19.0. The fourth-order valence-corrected chi connectivity index (χ4v) is 4.52. The highest BCUT2D eigenvalue weighted by Crippen LogP contribution is 2.52. The van der Waals surface area contributed by atoms with E-state index in [0.717, 1.165) is 5.46 Å². The number of benzene rings is 1. The zero-order valence-electron chi connectivity index (χ0n) is 17.8. The van der Waals surface area contributed by atoms with Crippen LogP contribution in [0.25, 0.3) is 0 Å². The molecule has 2 unspecified atom stereocenters. The topological polar surface area (TPSA) is 18.5 Å². The molecule has 1 fully saturated rings. The molecule has 25 heavy (non-hydrogen) atoms. The van der Waals surface area contributed by atoms with Crippen molar-refractivity contribution in [2.24, 2.45) is 11.8 Å². The number of hydrogen-bond donors (Lipinski definition) is 0. The van der Waals surface area contributed by atoms with Crippen molar-refractivity contribution >= 4 is 12.6 Å².